The summed E-state index contributed by atoms with van der Waals surface area (Å²) >= 11 is 0. The molecule has 0 saturated carbocycles. The normalized spacial score (nSPS) is 14.8. The smallest absolute Gasteiger partial charge is 0.292 e. The molecule has 2 aromatic heterocycles. The van der Waals surface area contributed by atoms with Crippen LogP contribution < -0.4 is 11.2 Å². The monoisotopic (exact) mass is 445 g/mol. The zero-order valence-corrected chi connectivity index (χ0v) is 17.9. The first-order chi connectivity index (χ1) is 16.2. The second-order valence-electron chi connectivity index (χ2n) is 7.87. The van der Waals surface area contributed by atoms with Gasteiger partial charge in [0.1, 0.15) is 5.69 Å². The molecule has 0 bridgehead atoms. The van der Waals surface area contributed by atoms with Gasteiger partial charge in [-0.05, 0) is 47.0 Å². The molecular weight excluding hydrogens is 422 g/mol. The number of piperidine rings is 1. The van der Waals surface area contributed by atoms with Crippen LogP contribution in [0.3, 0.4) is 0 Å². The van der Waals surface area contributed by atoms with Crippen LogP contribution in [0.2, 0.25) is 0 Å². The van der Waals surface area contributed by atoms with Gasteiger partial charge in [-0.1, -0.05) is 54.1 Å². The number of nitrogen functional groups attached to an aromatic ring is 1. The summed E-state index contributed by atoms with van der Waals surface area (Å²) < 4.78 is 5.93. The molecule has 4 aromatic rings. The number of anilines is 1. The van der Waals surface area contributed by atoms with Crippen LogP contribution in [0.4, 0.5) is 5.82 Å². The topological polar surface area (TPSA) is 140 Å². The average Bonchev–Trinajstić information content (AvgIpc) is 3.45. The summed E-state index contributed by atoms with van der Waals surface area (Å²) in [6, 6.07) is 13.9. The molecule has 11 heteroatoms. The van der Waals surface area contributed by atoms with E-state index in [0.29, 0.717) is 12.2 Å². The minimum atomic E-state index is -0.481. The fourth-order valence-corrected chi connectivity index (χ4v) is 4.04. The number of benzene rings is 2. The van der Waals surface area contributed by atoms with E-state index >= 15 is 0 Å². The Labute approximate surface area is 189 Å². The van der Waals surface area contributed by atoms with E-state index in [0.717, 1.165) is 42.3 Å². The molecule has 0 unspecified atom stereocenters. The van der Waals surface area contributed by atoms with E-state index in [2.05, 4.69) is 40.7 Å². The van der Waals surface area contributed by atoms with Gasteiger partial charge >= 0.3 is 0 Å². The van der Waals surface area contributed by atoms with Gasteiger partial charge in [-0.3, -0.25) is 9.69 Å². The number of fused-ring (bicyclic) bond motifs is 1. The number of hydrogen-bond acceptors (Lipinski definition) is 9. The molecule has 1 amide bonds. The Balaban J connectivity index is 1.42. The van der Waals surface area contributed by atoms with Gasteiger partial charge in [0.25, 0.3) is 5.91 Å². The van der Waals surface area contributed by atoms with E-state index in [1.54, 1.807) is 6.21 Å². The van der Waals surface area contributed by atoms with Crippen LogP contribution in [0.5, 0.6) is 0 Å². The highest BCUT2D eigenvalue weighted by Crippen LogP contribution is 2.19. The molecule has 0 radical (unpaired) electrons. The number of carbonyl (C=O) groups excluding carboxylic acids is 1. The molecule has 11 nitrogen and oxygen atoms in total. The molecule has 3 N–H and O–H groups in total. The number of likely N-dealkylation sites (tertiary alicyclic amines) is 1. The Kier molecular flexibility index (Phi) is 5.77. The van der Waals surface area contributed by atoms with Crippen molar-refractivity contribution in [3.8, 4) is 5.82 Å². The van der Waals surface area contributed by atoms with Gasteiger partial charge in [0.15, 0.2) is 5.69 Å². The van der Waals surface area contributed by atoms with Gasteiger partial charge in [0.2, 0.25) is 11.6 Å². The van der Waals surface area contributed by atoms with Crippen molar-refractivity contribution in [3.63, 3.8) is 0 Å². The summed E-state index contributed by atoms with van der Waals surface area (Å²) in [5.74, 6) is -0.362. The van der Waals surface area contributed by atoms with Gasteiger partial charge < -0.3 is 5.73 Å². The lowest BCUT2D eigenvalue weighted by atomic mass is 10.1. The van der Waals surface area contributed by atoms with Crippen LogP contribution in [0.1, 0.15) is 41.0 Å². The van der Waals surface area contributed by atoms with Crippen molar-refractivity contribution < 1.29 is 9.42 Å². The molecule has 33 heavy (non-hydrogen) atoms. The maximum atomic E-state index is 13.2. The second kappa shape index (κ2) is 9.17. The van der Waals surface area contributed by atoms with Gasteiger partial charge in [-0.2, -0.15) is 9.78 Å². The largest absolute Gasteiger partial charge is 0.378 e. The van der Waals surface area contributed by atoms with Gasteiger partial charge in [0.05, 0.1) is 6.21 Å². The average molecular weight is 445 g/mol. The van der Waals surface area contributed by atoms with Crippen molar-refractivity contribution in [2.75, 3.05) is 18.8 Å². The van der Waals surface area contributed by atoms with Crippen LogP contribution in [0.15, 0.2) is 52.2 Å². The number of rotatable bonds is 6. The van der Waals surface area contributed by atoms with Crippen LogP contribution in [0, 0.1) is 0 Å². The van der Waals surface area contributed by atoms with Crippen molar-refractivity contribution in [2.45, 2.75) is 25.8 Å². The third-order valence-electron chi connectivity index (χ3n) is 5.67. The molecule has 0 atom stereocenters. The quantitative estimate of drug-likeness (QED) is 0.340. The second-order valence-corrected chi connectivity index (χ2v) is 7.87. The fourth-order valence-electron chi connectivity index (χ4n) is 4.04. The number of carbonyl (C=O) groups is 1. The highest BCUT2D eigenvalue weighted by molar-refractivity contribution is 6.00. The number of nitrogens with zero attached hydrogens (tertiary/aromatic N) is 7. The molecular formula is C22H23N9O2. The lowest BCUT2D eigenvalue weighted by Crippen LogP contribution is -2.31. The molecule has 0 spiro atoms. The summed E-state index contributed by atoms with van der Waals surface area (Å²) in [5.41, 5.74) is 10.0. The van der Waals surface area contributed by atoms with Crippen molar-refractivity contribution in [1.82, 2.24) is 35.6 Å². The van der Waals surface area contributed by atoms with E-state index < -0.39 is 5.91 Å². The molecule has 0 aliphatic carbocycles. The van der Waals surface area contributed by atoms with E-state index in [4.69, 9.17) is 5.73 Å². The Morgan fingerprint density at radius 1 is 1.12 bits per heavy atom. The highest BCUT2D eigenvalue weighted by Gasteiger charge is 2.26. The summed E-state index contributed by atoms with van der Waals surface area (Å²) in [5, 5.41) is 22.0. The van der Waals surface area contributed by atoms with Gasteiger partial charge in [0, 0.05) is 12.1 Å². The first-order valence-electron chi connectivity index (χ1n) is 10.8. The van der Waals surface area contributed by atoms with Crippen LogP contribution in [-0.4, -0.2) is 55.4 Å². The third-order valence-corrected chi connectivity index (χ3v) is 5.67. The van der Waals surface area contributed by atoms with E-state index in [9.17, 15) is 4.79 Å². The minimum absolute atomic E-state index is 0.0118. The van der Waals surface area contributed by atoms with Gasteiger partial charge in [-0.15, -0.1) is 5.10 Å². The Morgan fingerprint density at radius 3 is 2.76 bits per heavy atom. The summed E-state index contributed by atoms with van der Waals surface area (Å²) in [6.07, 6.45) is 5.06. The predicted molar refractivity (Wildman–Crippen MR) is 122 cm³/mol. The molecule has 168 valence electrons. The molecule has 5 rings (SSSR count). The SMILES string of the molecule is Nc1nonc1-n1nnc(CN2CCCCC2)c1C(=O)NN=Cc1cccc2ccccc12. The molecule has 1 aliphatic heterocycles. The van der Waals surface area contributed by atoms with E-state index in [1.165, 1.54) is 11.1 Å². The predicted octanol–water partition coefficient (Wildman–Crippen LogP) is 2.14. The minimum Gasteiger partial charge on any atom is -0.378 e. The fraction of sp³-hybridized carbons (Fsp3) is 0.273. The Hall–Kier alpha value is -4.12. The molecule has 1 aliphatic rings. The highest BCUT2D eigenvalue weighted by atomic mass is 16.6. The summed E-state index contributed by atoms with van der Waals surface area (Å²) in [4.78, 5) is 15.4. The first kappa shape index (κ1) is 20.8. The van der Waals surface area contributed by atoms with Crippen LogP contribution >= 0.6 is 0 Å². The number of aromatic nitrogens is 5. The maximum Gasteiger partial charge on any atom is 0.292 e. The number of hydrogen-bond donors (Lipinski definition) is 2. The van der Waals surface area contributed by atoms with Crippen molar-refractivity contribution >= 4 is 28.7 Å². The first-order valence-corrected chi connectivity index (χ1v) is 10.8. The van der Waals surface area contributed by atoms with Crippen molar-refractivity contribution in [2.24, 2.45) is 5.10 Å². The van der Waals surface area contributed by atoms with Crippen molar-refractivity contribution in [1.29, 1.82) is 0 Å². The lowest BCUT2D eigenvalue weighted by Gasteiger charge is -2.25. The number of hydrazone groups is 1. The van der Waals surface area contributed by atoms with Gasteiger partial charge in [-0.25, -0.2) is 10.1 Å². The summed E-state index contributed by atoms with van der Waals surface area (Å²) in [6.45, 7) is 2.38. The Morgan fingerprint density at radius 2 is 1.94 bits per heavy atom. The lowest BCUT2D eigenvalue weighted by molar-refractivity contribution is 0.0944. The van der Waals surface area contributed by atoms with E-state index in [-0.39, 0.29) is 17.3 Å². The molecule has 1 fully saturated rings. The van der Waals surface area contributed by atoms with Crippen LogP contribution in [0.25, 0.3) is 16.6 Å². The zero-order chi connectivity index (χ0) is 22.6. The molecule has 2 aromatic carbocycles. The molecule has 3 heterocycles. The number of amides is 1. The van der Waals surface area contributed by atoms with Crippen LogP contribution in [-0.2, 0) is 6.54 Å². The standard InChI is InChI=1S/C22H23N9O2/c23-20-21(28-33-27-20)31-19(18(25-29-31)14-30-11-4-1-5-12-30)22(32)26-24-13-16-9-6-8-15-7-2-3-10-17(15)16/h2-3,6-10,13H,1,4-5,11-12,14H2,(H2,23,27)(H,26,32). The maximum absolute atomic E-state index is 13.2. The van der Waals surface area contributed by atoms with E-state index in [1.807, 2.05) is 42.5 Å². The number of nitrogens with two attached hydrogens (primary N) is 1. The zero-order valence-electron chi connectivity index (χ0n) is 17.9. The third kappa shape index (κ3) is 4.30. The summed E-state index contributed by atoms with van der Waals surface area (Å²) in [7, 11) is 0. The molecule has 1 saturated heterocycles. The number of nitrogens with one attached hydrogen (secondary N) is 1. The Bertz CT molecular complexity index is 1300. The van der Waals surface area contributed by atoms with Crippen molar-refractivity contribution in [3.05, 3.63) is 59.4 Å².